The first-order valence-corrected chi connectivity index (χ1v) is 4.46. The van der Waals surface area contributed by atoms with Gasteiger partial charge < -0.3 is 10.5 Å². The highest BCUT2D eigenvalue weighted by atomic mass is 32.1. The normalized spacial score (nSPS) is 14.0. The number of hydrogen-bond acceptors (Lipinski definition) is 3. The number of amides is 1. The molecule has 0 spiro atoms. The lowest BCUT2D eigenvalue weighted by atomic mass is 9.90. The van der Waals surface area contributed by atoms with Crippen molar-refractivity contribution in [1.82, 2.24) is 0 Å². The summed E-state index contributed by atoms with van der Waals surface area (Å²) in [6, 6.07) is 0. The zero-order valence-electron chi connectivity index (χ0n) is 7.83. The van der Waals surface area contributed by atoms with Gasteiger partial charge >= 0.3 is 6.09 Å². The van der Waals surface area contributed by atoms with Gasteiger partial charge in [0, 0.05) is 5.25 Å². The van der Waals surface area contributed by atoms with E-state index >= 15 is 0 Å². The van der Waals surface area contributed by atoms with E-state index in [0.717, 1.165) is 6.42 Å². The monoisotopic (exact) mass is 191 g/mol. The van der Waals surface area contributed by atoms with Crippen LogP contribution in [0.1, 0.15) is 27.2 Å². The Kier molecular flexibility index (Phi) is 4.45. The number of primary amides is 1. The molecule has 2 N–H and O–H groups in total. The molecule has 1 unspecified atom stereocenters. The summed E-state index contributed by atoms with van der Waals surface area (Å²) in [6.07, 6.45) is 0.0136. The lowest BCUT2D eigenvalue weighted by molar-refractivity contribution is 0.151. The van der Waals surface area contributed by atoms with E-state index in [2.05, 4.69) is 38.1 Å². The molecule has 4 heteroatoms. The molecule has 0 aliphatic heterocycles. The molecule has 12 heavy (non-hydrogen) atoms. The molecule has 0 heterocycles. The topological polar surface area (TPSA) is 52.3 Å². The lowest BCUT2D eigenvalue weighted by Crippen LogP contribution is -2.24. The van der Waals surface area contributed by atoms with E-state index < -0.39 is 6.09 Å². The van der Waals surface area contributed by atoms with Crippen molar-refractivity contribution in [1.29, 1.82) is 0 Å². The quantitative estimate of drug-likeness (QED) is 0.668. The van der Waals surface area contributed by atoms with Crippen LogP contribution in [0.15, 0.2) is 0 Å². The second kappa shape index (κ2) is 4.60. The fourth-order valence-corrected chi connectivity index (χ4v) is 0.810. The van der Waals surface area contributed by atoms with Gasteiger partial charge in [-0.05, 0) is 11.8 Å². The van der Waals surface area contributed by atoms with Crippen molar-refractivity contribution >= 4 is 18.7 Å². The van der Waals surface area contributed by atoms with Crippen LogP contribution in [0.4, 0.5) is 4.79 Å². The Morgan fingerprint density at radius 2 is 2.08 bits per heavy atom. The molecule has 3 nitrogen and oxygen atoms in total. The van der Waals surface area contributed by atoms with Crippen LogP contribution in [0, 0.1) is 5.41 Å². The van der Waals surface area contributed by atoms with Crippen molar-refractivity contribution in [2.75, 3.05) is 6.61 Å². The Morgan fingerprint density at radius 1 is 1.58 bits per heavy atom. The van der Waals surface area contributed by atoms with E-state index in [1.165, 1.54) is 0 Å². The molecular weight excluding hydrogens is 174 g/mol. The third kappa shape index (κ3) is 5.29. The Balaban J connectivity index is 3.58. The van der Waals surface area contributed by atoms with E-state index in [-0.39, 0.29) is 10.7 Å². The van der Waals surface area contributed by atoms with E-state index in [9.17, 15) is 4.79 Å². The van der Waals surface area contributed by atoms with E-state index in [0.29, 0.717) is 6.61 Å². The highest BCUT2D eigenvalue weighted by molar-refractivity contribution is 7.81. The minimum Gasteiger partial charge on any atom is -0.450 e. The molecule has 0 aliphatic carbocycles. The zero-order valence-corrected chi connectivity index (χ0v) is 8.73. The van der Waals surface area contributed by atoms with E-state index in [1.807, 2.05) is 0 Å². The first-order chi connectivity index (χ1) is 5.34. The third-order valence-electron chi connectivity index (χ3n) is 1.64. The van der Waals surface area contributed by atoms with Gasteiger partial charge in [-0.15, -0.1) is 0 Å². The fraction of sp³-hybridized carbons (Fsp3) is 0.875. The van der Waals surface area contributed by atoms with Gasteiger partial charge in [-0.2, -0.15) is 12.6 Å². The SMILES string of the molecule is CC(C)(C)C(S)CCOC(N)=O. The maximum atomic E-state index is 10.2. The second-order valence-electron chi connectivity index (χ2n) is 3.84. The molecule has 0 aromatic heterocycles. The van der Waals surface area contributed by atoms with Crippen molar-refractivity contribution in [2.24, 2.45) is 11.1 Å². The number of nitrogens with two attached hydrogens (primary N) is 1. The molecule has 0 aromatic carbocycles. The van der Waals surface area contributed by atoms with Crippen molar-refractivity contribution < 1.29 is 9.53 Å². The van der Waals surface area contributed by atoms with Crippen LogP contribution >= 0.6 is 12.6 Å². The maximum Gasteiger partial charge on any atom is 0.404 e. The van der Waals surface area contributed by atoms with Crippen LogP contribution in [-0.4, -0.2) is 18.0 Å². The predicted molar refractivity (Wildman–Crippen MR) is 52.4 cm³/mol. The Bertz CT molecular complexity index is 154. The molecule has 0 rings (SSSR count). The van der Waals surface area contributed by atoms with Crippen molar-refractivity contribution in [3.05, 3.63) is 0 Å². The molecular formula is C8H17NO2S. The molecule has 0 aromatic rings. The number of carbonyl (C=O) groups is 1. The average Bonchev–Trinajstić information content (AvgIpc) is 1.84. The van der Waals surface area contributed by atoms with Gasteiger partial charge in [-0.25, -0.2) is 4.79 Å². The molecule has 0 aliphatic rings. The molecule has 1 atom stereocenters. The van der Waals surface area contributed by atoms with Crippen molar-refractivity contribution in [3.8, 4) is 0 Å². The van der Waals surface area contributed by atoms with E-state index in [4.69, 9.17) is 5.73 Å². The summed E-state index contributed by atoms with van der Waals surface area (Å²) in [6.45, 7) is 6.62. The highest BCUT2D eigenvalue weighted by Gasteiger charge is 2.20. The molecule has 72 valence electrons. The van der Waals surface area contributed by atoms with Crippen LogP contribution in [0.5, 0.6) is 0 Å². The maximum absolute atomic E-state index is 10.2. The molecule has 0 radical (unpaired) electrons. The Labute approximate surface area is 79.1 Å². The Hall–Kier alpha value is -0.380. The van der Waals surface area contributed by atoms with Crippen LogP contribution in [0.2, 0.25) is 0 Å². The van der Waals surface area contributed by atoms with Gasteiger partial charge in [0.25, 0.3) is 0 Å². The van der Waals surface area contributed by atoms with Gasteiger partial charge in [-0.3, -0.25) is 0 Å². The minimum atomic E-state index is -0.718. The number of ether oxygens (including phenoxy) is 1. The molecule has 1 amide bonds. The first kappa shape index (κ1) is 11.6. The van der Waals surface area contributed by atoms with Gasteiger partial charge in [-0.1, -0.05) is 20.8 Å². The average molecular weight is 191 g/mol. The largest absolute Gasteiger partial charge is 0.450 e. The van der Waals surface area contributed by atoms with Crippen LogP contribution in [0.25, 0.3) is 0 Å². The zero-order chi connectivity index (χ0) is 9.78. The van der Waals surface area contributed by atoms with Crippen LogP contribution in [-0.2, 0) is 4.74 Å². The van der Waals surface area contributed by atoms with Crippen molar-refractivity contribution in [3.63, 3.8) is 0 Å². The highest BCUT2D eigenvalue weighted by Crippen LogP contribution is 2.26. The number of carbonyl (C=O) groups excluding carboxylic acids is 1. The standard InChI is InChI=1S/C8H17NO2S/c1-8(2,3)6(12)4-5-11-7(9)10/h6,12H,4-5H2,1-3H3,(H2,9,10). The van der Waals surface area contributed by atoms with Gasteiger partial charge in [0.15, 0.2) is 0 Å². The van der Waals surface area contributed by atoms with Crippen molar-refractivity contribution in [2.45, 2.75) is 32.4 Å². The number of rotatable bonds is 3. The summed E-state index contributed by atoms with van der Waals surface area (Å²) in [4.78, 5) is 10.2. The van der Waals surface area contributed by atoms with Gasteiger partial charge in [0.2, 0.25) is 0 Å². The Morgan fingerprint density at radius 3 is 2.42 bits per heavy atom. The lowest BCUT2D eigenvalue weighted by Gasteiger charge is -2.25. The summed E-state index contributed by atoms with van der Waals surface area (Å²) in [5, 5.41) is 0.219. The summed E-state index contributed by atoms with van der Waals surface area (Å²) >= 11 is 4.38. The number of hydrogen-bond donors (Lipinski definition) is 2. The molecule has 0 saturated heterocycles. The minimum absolute atomic E-state index is 0.129. The van der Waals surface area contributed by atoms with Gasteiger partial charge in [0.05, 0.1) is 6.61 Å². The smallest absolute Gasteiger partial charge is 0.404 e. The summed E-state index contributed by atoms with van der Waals surface area (Å²) in [5.74, 6) is 0. The van der Waals surface area contributed by atoms with Crippen LogP contribution in [0.3, 0.4) is 0 Å². The van der Waals surface area contributed by atoms with Gasteiger partial charge in [0.1, 0.15) is 0 Å². The summed E-state index contributed by atoms with van der Waals surface area (Å²) in [7, 11) is 0. The van der Waals surface area contributed by atoms with Crippen LogP contribution < -0.4 is 5.73 Å². The molecule has 0 saturated carbocycles. The number of thiol groups is 1. The first-order valence-electron chi connectivity index (χ1n) is 3.94. The predicted octanol–water partition coefficient (Wildman–Crippen LogP) is 1.82. The van der Waals surface area contributed by atoms with E-state index in [1.54, 1.807) is 0 Å². The summed E-state index contributed by atoms with van der Waals surface area (Å²) in [5.41, 5.74) is 4.93. The fourth-order valence-electron chi connectivity index (χ4n) is 0.704. The second-order valence-corrected chi connectivity index (χ2v) is 4.46. The molecule has 0 fully saturated rings. The third-order valence-corrected chi connectivity index (χ3v) is 2.67. The molecule has 0 bridgehead atoms. The summed E-state index contributed by atoms with van der Waals surface area (Å²) < 4.78 is 4.60.